The van der Waals surface area contributed by atoms with Crippen molar-refractivity contribution < 1.29 is 4.79 Å². The van der Waals surface area contributed by atoms with Crippen LogP contribution in [0.15, 0.2) is 30.6 Å². The Kier molecular flexibility index (Phi) is 2.85. The molecule has 4 aliphatic carbocycles. The van der Waals surface area contributed by atoms with Gasteiger partial charge in [0.05, 0.1) is 12.2 Å². The van der Waals surface area contributed by atoms with E-state index in [-0.39, 0.29) is 11.3 Å². The van der Waals surface area contributed by atoms with E-state index in [0.29, 0.717) is 6.54 Å². The van der Waals surface area contributed by atoms with Gasteiger partial charge < -0.3 is 9.72 Å². The minimum Gasteiger partial charge on any atom is -0.350 e. The summed E-state index contributed by atoms with van der Waals surface area (Å²) in [7, 11) is 0. The summed E-state index contributed by atoms with van der Waals surface area (Å²) in [5.41, 5.74) is 1.81. The summed E-state index contributed by atoms with van der Waals surface area (Å²) in [5, 5.41) is 3.20. The van der Waals surface area contributed by atoms with Crippen LogP contribution in [0.1, 0.15) is 44.2 Å². The molecule has 4 bridgehead atoms. The van der Waals surface area contributed by atoms with Crippen molar-refractivity contribution in [1.29, 1.82) is 0 Å². The van der Waals surface area contributed by atoms with Crippen LogP contribution in [-0.2, 0) is 11.3 Å². The Bertz CT molecular complexity index is 695. The van der Waals surface area contributed by atoms with E-state index in [0.717, 1.165) is 48.4 Å². The molecule has 2 aromatic rings. The van der Waals surface area contributed by atoms with Crippen LogP contribution in [0, 0.1) is 23.2 Å². The number of carbonyl (C=O) groups is 1. The molecule has 4 fully saturated rings. The number of imidazole rings is 1. The first-order valence-corrected chi connectivity index (χ1v) is 8.91. The van der Waals surface area contributed by atoms with E-state index in [4.69, 9.17) is 0 Å². The minimum absolute atomic E-state index is 0.0616. The van der Waals surface area contributed by atoms with Crippen molar-refractivity contribution in [3.05, 3.63) is 36.3 Å². The summed E-state index contributed by atoms with van der Waals surface area (Å²) in [5.74, 6) is 2.71. The summed E-state index contributed by atoms with van der Waals surface area (Å²) < 4.78 is 2.01. The Labute approximate surface area is 136 Å². The fourth-order valence-electron chi connectivity index (χ4n) is 5.82. The van der Waals surface area contributed by atoms with Gasteiger partial charge in [-0.2, -0.15) is 0 Å². The SMILES string of the molecule is O=C(NCc1cn2ccccc2n1)C12CC3CC(CC(C3)C1)C2. The first kappa shape index (κ1) is 13.6. The second-order valence-electron chi connectivity index (χ2n) is 8.08. The quantitative estimate of drug-likeness (QED) is 0.946. The highest BCUT2D eigenvalue weighted by Gasteiger charge is 2.54. The Morgan fingerprint density at radius 3 is 2.52 bits per heavy atom. The van der Waals surface area contributed by atoms with Crippen molar-refractivity contribution in [2.24, 2.45) is 23.2 Å². The van der Waals surface area contributed by atoms with Gasteiger partial charge >= 0.3 is 0 Å². The molecule has 0 saturated heterocycles. The highest BCUT2D eigenvalue weighted by Crippen LogP contribution is 2.60. The third-order valence-electron chi connectivity index (χ3n) is 6.36. The lowest BCUT2D eigenvalue weighted by Crippen LogP contribution is -2.53. The zero-order valence-electron chi connectivity index (χ0n) is 13.4. The van der Waals surface area contributed by atoms with Crippen LogP contribution in [0.4, 0.5) is 0 Å². The van der Waals surface area contributed by atoms with Crippen molar-refractivity contribution in [2.75, 3.05) is 0 Å². The zero-order valence-corrected chi connectivity index (χ0v) is 13.4. The Hall–Kier alpha value is -1.84. The average molecular weight is 309 g/mol. The summed E-state index contributed by atoms with van der Waals surface area (Å²) in [6.45, 7) is 0.544. The second kappa shape index (κ2) is 4.83. The number of hydrogen-bond acceptors (Lipinski definition) is 2. The fourth-order valence-corrected chi connectivity index (χ4v) is 5.82. The predicted octanol–water partition coefficient (Wildman–Crippen LogP) is 3.17. The molecule has 4 heteroatoms. The molecule has 0 aromatic carbocycles. The number of fused-ring (bicyclic) bond motifs is 1. The smallest absolute Gasteiger partial charge is 0.226 e. The van der Waals surface area contributed by atoms with Gasteiger partial charge in [0.1, 0.15) is 5.65 Å². The van der Waals surface area contributed by atoms with E-state index in [9.17, 15) is 4.79 Å². The predicted molar refractivity (Wildman–Crippen MR) is 87.6 cm³/mol. The second-order valence-corrected chi connectivity index (χ2v) is 8.08. The molecule has 0 unspecified atom stereocenters. The van der Waals surface area contributed by atoms with Crippen LogP contribution in [0.2, 0.25) is 0 Å². The van der Waals surface area contributed by atoms with Gasteiger partial charge in [0.15, 0.2) is 0 Å². The van der Waals surface area contributed by atoms with Crippen molar-refractivity contribution in [3.8, 4) is 0 Å². The highest BCUT2D eigenvalue weighted by molar-refractivity contribution is 5.83. The summed E-state index contributed by atoms with van der Waals surface area (Å²) in [6, 6.07) is 5.97. The number of nitrogens with zero attached hydrogens (tertiary/aromatic N) is 2. The summed E-state index contributed by atoms with van der Waals surface area (Å²) >= 11 is 0. The van der Waals surface area contributed by atoms with Gasteiger partial charge in [0.2, 0.25) is 5.91 Å². The van der Waals surface area contributed by atoms with Crippen LogP contribution in [-0.4, -0.2) is 15.3 Å². The topological polar surface area (TPSA) is 46.4 Å². The standard InChI is InChI=1S/C19H23N3O/c23-18(19-8-13-5-14(9-19)7-15(6-13)10-19)20-11-16-12-22-4-2-1-3-17(22)21-16/h1-4,12-15H,5-11H2,(H,20,23). The van der Waals surface area contributed by atoms with Crippen molar-refractivity contribution in [1.82, 2.24) is 14.7 Å². The van der Waals surface area contributed by atoms with Crippen LogP contribution >= 0.6 is 0 Å². The number of pyridine rings is 1. The largest absolute Gasteiger partial charge is 0.350 e. The molecular weight excluding hydrogens is 286 g/mol. The summed E-state index contributed by atoms with van der Waals surface area (Å²) in [4.78, 5) is 17.5. The van der Waals surface area contributed by atoms with Crippen LogP contribution in [0.3, 0.4) is 0 Å². The number of nitrogens with one attached hydrogen (secondary N) is 1. The van der Waals surface area contributed by atoms with Crippen LogP contribution in [0.5, 0.6) is 0 Å². The van der Waals surface area contributed by atoms with Crippen molar-refractivity contribution in [3.63, 3.8) is 0 Å². The van der Waals surface area contributed by atoms with E-state index in [1.807, 2.05) is 35.0 Å². The molecule has 4 nitrogen and oxygen atoms in total. The average Bonchev–Trinajstić information content (AvgIpc) is 2.94. The van der Waals surface area contributed by atoms with Crippen LogP contribution in [0.25, 0.3) is 5.65 Å². The molecule has 1 N–H and O–H groups in total. The van der Waals surface area contributed by atoms with Gasteiger partial charge in [-0.25, -0.2) is 4.98 Å². The molecule has 120 valence electrons. The molecule has 6 rings (SSSR count). The molecule has 2 heterocycles. The fraction of sp³-hybridized carbons (Fsp3) is 0.579. The minimum atomic E-state index is -0.0616. The van der Waals surface area contributed by atoms with E-state index in [1.165, 1.54) is 19.3 Å². The zero-order chi connectivity index (χ0) is 15.4. The molecule has 4 aliphatic rings. The molecule has 1 amide bonds. The van der Waals surface area contributed by atoms with Gasteiger partial charge in [-0.05, 0) is 68.4 Å². The molecule has 0 radical (unpaired) electrons. The molecule has 0 aliphatic heterocycles. The van der Waals surface area contributed by atoms with Crippen LogP contribution < -0.4 is 5.32 Å². The molecule has 4 saturated carbocycles. The van der Waals surface area contributed by atoms with Gasteiger partial charge in [-0.15, -0.1) is 0 Å². The lowest BCUT2D eigenvalue weighted by atomic mass is 9.49. The number of aromatic nitrogens is 2. The normalized spacial score (nSPS) is 34.9. The number of hydrogen-bond donors (Lipinski definition) is 1. The first-order chi connectivity index (χ1) is 11.2. The van der Waals surface area contributed by atoms with E-state index < -0.39 is 0 Å². The molecule has 2 aromatic heterocycles. The maximum absolute atomic E-state index is 12.9. The molecule has 0 spiro atoms. The lowest BCUT2D eigenvalue weighted by Gasteiger charge is -2.55. The van der Waals surface area contributed by atoms with Gasteiger partial charge in [0, 0.05) is 17.8 Å². The summed E-state index contributed by atoms with van der Waals surface area (Å²) in [6.07, 6.45) is 11.5. The van der Waals surface area contributed by atoms with Gasteiger partial charge in [-0.3, -0.25) is 4.79 Å². The maximum atomic E-state index is 12.9. The van der Waals surface area contributed by atoms with Gasteiger partial charge in [-0.1, -0.05) is 6.07 Å². The Morgan fingerprint density at radius 1 is 1.17 bits per heavy atom. The number of amides is 1. The van der Waals surface area contributed by atoms with E-state index in [2.05, 4.69) is 10.3 Å². The molecule has 23 heavy (non-hydrogen) atoms. The monoisotopic (exact) mass is 309 g/mol. The van der Waals surface area contributed by atoms with Crippen molar-refractivity contribution in [2.45, 2.75) is 45.1 Å². The lowest BCUT2D eigenvalue weighted by molar-refractivity contribution is -0.146. The Balaban J connectivity index is 1.31. The third kappa shape index (κ3) is 2.19. The Morgan fingerprint density at radius 2 is 1.87 bits per heavy atom. The van der Waals surface area contributed by atoms with E-state index >= 15 is 0 Å². The maximum Gasteiger partial charge on any atom is 0.226 e. The first-order valence-electron chi connectivity index (χ1n) is 8.91. The van der Waals surface area contributed by atoms with E-state index in [1.54, 1.807) is 0 Å². The molecular formula is C19H23N3O. The highest BCUT2D eigenvalue weighted by atomic mass is 16.2. The third-order valence-corrected chi connectivity index (χ3v) is 6.36. The number of rotatable bonds is 3. The number of carbonyl (C=O) groups excluding carboxylic acids is 1. The molecule has 0 atom stereocenters. The van der Waals surface area contributed by atoms with Gasteiger partial charge in [0.25, 0.3) is 0 Å². The van der Waals surface area contributed by atoms with Crippen molar-refractivity contribution >= 4 is 11.6 Å².